The van der Waals surface area contributed by atoms with Crippen molar-refractivity contribution in [2.75, 3.05) is 32.1 Å². The third-order valence-corrected chi connectivity index (χ3v) is 5.18. The van der Waals surface area contributed by atoms with Crippen LogP contribution in [-0.2, 0) is 4.74 Å². The van der Waals surface area contributed by atoms with E-state index in [2.05, 4.69) is 48.6 Å². The van der Waals surface area contributed by atoms with E-state index in [0.717, 1.165) is 24.5 Å². The lowest BCUT2D eigenvalue weighted by molar-refractivity contribution is 0.00565. The maximum atomic E-state index is 5.49. The van der Waals surface area contributed by atoms with Crippen molar-refractivity contribution in [3.8, 4) is 0 Å². The zero-order valence-electron chi connectivity index (χ0n) is 11.8. The molecule has 3 heteroatoms. The minimum absolute atomic E-state index is 0.429. The highest BCUT2D eigenvalue weighted by Crippen LogP contribution is 2.34. The van der Waals surface area contributed by atoms with Crippen LogP contribution < -0.4 is 0 Å². The van der Waals surface area contributed by atoms with Crippen LogP contribution in [0.25, 0.3) is 0 Å². The molecule has 1 heterocycles. The molecule has 0 aromatic rings. The lowest BCUT2D eigenvalue weighted by Gasteiger charge is -2.40. The van der Waals surface area contributed by atoms with Crippen molar-refractivity contribution in [2.45, 2.75) is 46.1 Å². The molecule has 1 saturated heterocycles. The van der Waals surface area contributed by atoms with Gasteiger partial charge in [0, 0.05) is 31.1 Å². The summed E-state index contributed by atoms with van der Waals surface area (Å²) in [5.41, 5.74) is 0.429. The number of halogens is 1. The van der Waals surface area contributed by atoms with Crippen LogP contribution in [0.3, 0.4) is 0 Å². The van der Waals surface area contributed by atoms with E-state index >= 15 is 0 Å². The Morgan fingerprint density at radius 1 is 1.24 bits per heavy atom. The SMILES string of the molecule is CC(C)CC(C)N(C)CC1(CBr)CCOCC1. The van der Waals surface area contributed by atoms with Gasteiger partial charge >= 0.3 is 0 Å². The molecule has 1 aliphatic heterocycles. The maximum Gasteiger partial charge on any atom is 0.0472 e. The summed E-state index contributed by atoms with van der Waals surface area (Å²) in [4.78, 5) is 2.53. The second-order valence-corrected chi connectivity index (χ2v) is 6.70. The van der Waals surface area contributed by atoms with Gasteiger partial charge in [0.05, 0.1) is 0 Å². The third-order valence-electron chi connectivity index (χ3n) is 3.99. The van der Waals surface area contributed by atoms with E-state index in [1.165, 1.54) is 25.8 Å². The molecule has 102 valence electrons. The number of alkyl halides is 1. The highest BCUT2D eigenvalue weighted by Gasteiger charge is 2.33. The molecular weight excluding hydrogens is 278 g/mol. The first kappa shape index (κ1) is 15.5. The molecule has 0 aliphatic carbocycles. The Morgan fingerprint density at radius 3 is 2.29 bits per heavy atom. The summed E-state index contributed by atoms with van der Waals surface area (Å²) in [7, 11) is 2.27. The van der Waals surface area contributed by atoms with Crippen LogP contribution in [0, 0.1) is 11.3 Å². The molecule has 0 spiro atoms. The number of hydrogen-bond donors (Lipinski definition) is 0. The van der Waals surface area contributed by atoms with E-state index in [1.54, 1.807) is 0 Å². The fourth-order valence-corrected chi connectivity index (χ4v) is 3.42. The molecule has 0 amide bonds. The molecule has 1 rings (SSSR count). The van der Waals surface area contributed by atoms with E-state index < -0.39 is 0 Å². The van der Waals surface area contributed by atoms with E-state index in [9.17, 15) is 0 Å². The topological polar surface area (TPSA) is 12.5 Å². The van der Waals surface area contributed by atoms with E-state index in [1.807, 2.05) is 0 Å². The van der Waals surface area contributed by atoms with Gasteiger partial charge in [-0.1, -0.05) is 29.8 Å². The summed E-state index contributed by atoms with van der Waals surface area (Å²) < 4.78 is 5.49. The summed E-state index contributed by atoms with van der Waals surface area (Å²) in [5.74, 6) is 0.780. The summed E-state index contributed by atoms with van der Waals surface area (Å²) in [5, 5.41) is 1.10. The van der Waals surface area contributed by atoms with E-state index in [-0.39, 0.29) is 0 Å². The Hall–Kier alpha value is 0.400. The molecule has 1 aliphatic rings. The highest BCUT2D eigenvalue weighted by molar-refractivity contribution is 9.09. The van der Waals surface area contributed by atoms with Crippen molar-refractivity contribution < 1.29 is 4.74 Å². The van der Waals surface area contributed by atoms with Gasteiger partial charge in [0.15, 0.2) is 0 Å². The third kappa shape index (κ3) is 4.88. The molecular formula is C14H28BrNO. The number of rotatable bonds is 6. The van der Waals surface area contributed by atoms with Gasteiger partial charge in [-0.15, -0.1) is 0 Å². The van der Waals surface area contributed by atoms with Crippen LogP contribution in [0.2, 0.25) is 0 Å². The zero-order valence-corrected chi connectivity index (χ0v) is 13.4. The van der Waals surface area contributed by atoms with Gasteiger partial charge in [-0.3, -0.25) is 0 Å². The fourth-order valence-electron chi connectivity index (χ4n) is 2.69. The van der Waals surface area contributed by atoms with Crippen molar-refractivity contribution in [1.82, 2.24) is 4.90 Å². The zero-order chi connectivity index (χ0) is 12.9. The van der Waals surface area contributed by atoms with Crippen molar-refractivity contribution in [1.29, 1.82) is 0 Å². The van der Waals surface area contributed by atoms with Crippen molar-refractivity contribution in [3.63, 3.8) is 0 Å². The van der Waals surface area contributed by atoms with E-state index in [0.29, 0.717) is 11.5 Å². The Balaban J connectivity index is 2.49. The smallest absolute Gasteiger partial charge is 0.0472 e. The number of hydrogen-bond acceptors (Lipinski definition) is 2. The second-order valence-electron chi connectivity index (χ2n) is 6.14. The Morgan fingerprint density at radius 2 is 1.82 bits per heavy atom. The van der Waals surface area contributed by atoms with Crippen LogP contribution in [0.4, 0.5) is 0 Å². The molecule has 0 aromatic heterocycles. The molecule has 0 bridgehead atoms. The number of nitrogens with zero attached hydrogens (tertiary/aromatic N) is 1. The van der Waals surface area contributed by atoms with Crippen molar-refractivity contribution >= 4 is 15.9 Å². The predicted octanol–water partition coefficient (Wildman–Crippen LogP) is 3.54. The molecule has 0 saturated carbocycles. The molecule has 1 fully saturated rings. The van der Waals surface area contributed by atoms with Gasteiger partial charge in [-0.05, 0) is 44.6 Å². The van der Waals surface area contributed by atoms with Gasteiger partial charge in [0.2, 0.25) is 0 Å². The van der Waals surface area contributed by atoms with Crippen molar-refractivity contribution in [2.24, 2.45) is 11.3 Å². The maximum absolute atomic E-state index is 5.49. The summed E-state index contributed by atoms with van der Waals surface area (Å²) in [6.45, 7) is 10.0. The first-order chi connectivity index (χ1) is 7.99. The monoisotopic (exact) mass is 305 g/mol. The van der Waals surface area contributed by atoms with Gasteiger partial charge < -0.3 is 9.64 Å². The predicted molar refractivity (Wildman–Crippen MR) is 77.8 cm³/mol. The van der Waals surface area contributed by atoms with Crippen molar-refractivity contribution in [3.05, 3.63) is 0 Å². The van der Waals surface area contributed by atoms with Gasteiger partial charge in [-0.2, -0.15) is 0 Å². The molecule has 0 N–H and O–H groups in total. The first-order valence-electron chi connectivity index (χ1n) is 6.83. The van der Waals surface area contributed by atoms with Crippen LogP contribution in [0.15, 0.2) is 0 Å². The van der Waals surface area contributed by atoms with Gasteiger partial charge in [0.1, 0.15) is 0 Å². The lowest BCUT2D eigenvalue weighted by atomic mass is 9.81. The normalized spacial score (nSPS) is 22.1. The van der Waals surface area contributed by atoms with Gasteiger partial charge in [0.25, 0.3) is 0 Å². The Kier molecular flexibility index (Phi) is 6.46. The lowest BCUT2D eigenvalue weighted by Crippen LogP contribution is -2.44. The Bertz CT molecular complexity index is 214. The summed E-state index contributed by atoms with van der Waals surface area (Å²) in [6, 6.07) is 0.675. The molecule has 0 radical (unpaired) electrons. The second kappa shape index (κ2) is 7.10. The number of ether oxygens (including phenoxy) is 1. The van der Waals surface area contributed by atoms with Crippen LogP contribution in [0.5, 0.6) is 0 Å². The van der Waals surface area contributed by atoms with Crippen LogP contribution >= 0.6 is 15.9 Å². The average Bonchev–Trinajstić information content (AvgIpc) is 2.29. The van der Waals surface area contributed by atoms with Gasteiger partial charge in [-0.25, -0.2) is 0 Å². The first-order valence-corrected chi connectivity index (χ1v) is 7.95. The molecule has 1 atom stereocenters. The minimum Gasteiger partial charge on any atom is -0.381 e. The Labute approximate surface area is 115 Å². The highest BCUT2D eigenvalue weighted by atomic mass is 79.9. The summed E-state index contributed by atoms with van der Waals surface area (Å²) in [6.07, 6.45) is 3.67. The summed E-state index contributed by atoms with van der Waals surface area (Å²) >= 11 is 3.71. The average molecular weight is 306 g/mol. The van der Waals surface area contributed by atoms with Crippen LogP contribution in [0.1, 0.15) is 40.0 Å². The molecule has 17 heavy (non-hydrogen) atoms. The quantitative estimate of drug-likeness (QED) is 0.696. The molecule has 1 unspecified atom stereocenters. The molecule has 2 nitrogen and oxygen atoms in total. The van der Waals surface area contributed by atoms with E-state index in [4.69, 9.17) is 4.74 Å². The minimum atomic E-state index is 0.429. The fraction of sp³-hybridized carbons (Fsp3) is 1.00. The van der Waals surface area contributed by atoms with Crippen LogP contribution in [-0.4, -0.2) is 43.1 Å². The molecule has 0 aromatic carbocycles. The largest absolute Gasteiger partial charge is 0.381 e. The standard InChI is InChI=1S/C14H28BrNO/c1-12(2)9-13(3)16(4)11-14(10-15)5-7-17-8-6-14/h12-13H,5-11H2,1-4H3.